The SMILES string of the molecule is CSC1CCCC(n2c(N)nc3cc(I)ccc32)C1. The normalized spacial score (nSPS) is 23.9. The van der Waals surface area contributed by atoms with Gasteiger partial charge in [0.25, 0.3) is 0 Å². The Balaban J connectivity index is 2.02. The molecule has 2 atom stereocenters. The summed E-state index contributed by atoms with van der Waals surface area (Å²) in [6.45, 7) is 0. The third kappa shape index (κ3) is 2.59. The summed E-state index contributed by atoms with van der Waals surface area (Å²) in [5, 5.41) is 0.763. The molecule has 2 aromatic rings. The van der Waals surface area contributed by atoms with Crippen molar-refractivity contribution < 1.29 is 0 Å². The Hall–Kier alpha value is -0.430. The van der Waals surface area contributed by atoms with Crippen molar-refractivity contribution in [1.82, 2.24) is 9.55 Å². The second-order valence-electron chi connectivity index (χ2n) is 5.15. The Morgan fingerprint density at radius 2 is 2.26 bits per heavy atom. The molecule has 19 heavy (non-hydrogen) atoms. The molecule has 0 amide bonds. The van der Waals surface area contributed by atoms with Crippen molar-refractivity contribution in [1.29, 1.82) is 0 Å². The number of benzene rings is 1. The largest absolute Gasteiger partial charge is 0.369 e. The van der Waals surface area contributed by atoms with Gasteiger partial charge in [-0.3, -0.25) is 0 Å². The number of halogens is 1. The highest BCUT2D eigenvalue weighted by atomic mass is 127. The zero-order chi connectivity index (χ0) is 13.4. The second-order valence-corrected chi connectivity index (χ2v) is 7.53. The van der Waals surface area contributed by atoms with Crippen LogP contribution >= 0.6 is 34.4 Å². The molecule has 1 fully saturated rings. The maximum absolute atomic E-state index is 6.16. The minimum absolute atomic E-state index is 0.510. The van der Waals surface area contributed by atoms with Crippen LogP contribution in [0.5, 0.6) is 0 Å². The number of rotatable bonds is 2. The quantitative estimate of drug-likeness (QED) is 0.791. The van der Waals surface area contributed by atoms with Crippen LogP contribution in [0.4, 0.5) is 5.95 Å². The highest BCUT2D eigenvalue weighted by Gasteiger charge is 2.25. The topological polar surface area (TPSA) is 43.8 Å². The molecule has 5 heteroatoms. The molecule has 0 bridgehead atoms. The molecule has 0 aliphatic heterocycles. The van der Waals surface area contributed by atoms with Crippen LogP contribution in [-0.2, 0) is 0 Å². The van der Waals surface area contributed by atoms with Crippen molar-refractivity contribution in [3.05, 3.63) is 21.8 Å². The summed E-state index contributed by atoms with van der Waals surface area (Å²) in [5.41, 5.74) is 8.37. The summed E-state index contributed by atoms with van der Waals surface area (Å²) in [4.78, 5) is 4.53. The fourth-order valence-corrected chi connectivity index (χ4v) is 4.33. The van der Waals surface area contributed by atoms with Crippen molar-refractivity contribution >= 4 is 51.3 Å². The zero-order valence-electron chi connectivity index (χ0n) is 11.0. The minimum Gasteiger partial charge on any atom is -0.369 e. The molecule has 1 aromatic carbocycles. The molecule has 0 radical (unpaired) electrons. The first kappa shape index (κ1) is 13.5. The van der Waals surface area contributed by atoms with Crippen LogP contribution in [0.1, 0.15) is 31.7 Å². The Kier molecular flexibility index (Phi) is 3.93. The van der Waals surface area contributed by atoms with Crippen LogP contribution in [0.15, 0.2) is 18.2 Å². The third-order valence-electron chi connectivity index (χ3n) is 3.98. The van der Waals surface area contributed by atoms with E-state index in [0.717, 1.165) is 10.8 Å². The van der Waals surface area contributed by atoms with Gasteiger partial charge in [-0.15, -0.1) is 0 Å². The number of hydrogen-bond donors (Lipinski definition) is 1. The zero-order valence-corrected chi connectivity index (χ0v) is 13.9. The molecule has 0 spiro atoms. The smallest absolute Gasteiger partial charge is 0.201 e. The summed E-state index contributed by atoms with van der Waals surface area (Å²) in [6.07, 6.45) is 7.27. The first-order valence-corrected chi connectivity index (χ1v) is 9.01. The Morgan fingerprint density at radius 1 is 1.42 bits per heavy atom. The first-order valence-electron chi connectivity index (χ1n) is 6.65. The van der Waals surface area contributed by atoms with Gasteiger partial charge in [0.2, 0.25) is 5.95 Å². The molecule has 2 N–H and O–H groups in total. The molecule has 1 aliphatic rings. The molecular formula is C14H18IN3S. The number of thioether (sulfide) groups is 1. The molecule has 0 saturated heterocycles. The molecule has 3 rings (SSSR count). The van der Waals surface area contributed by atoms with Crippen molar-refractivity contribution in [2.75, 3.05) is 12.0 Å². The van der Waals surface area contributed by atoms with Gasteiger partial charge in [-0.1, -0.05) is 6.42 Å². The van der Waals surface area contributed by atoms with E-state index in [1.54, 1.807) is 0 Å². The van der Waals surface area contributed by atoms with Crippen LogP contribution in [0.3, 0.4) is 0 Å². The van der Waals surface area contributed by atoms with E-state index in [-0.39, 0.29) is 0 Å². The number of aromatic nitrogens is 2. The van der Waals surface area contributed by atoms with E-state index in [1.165, 1.54) is 34.8 Å². The van der Waals surface area contributed by atoms with Crippen LogP contribution in [0.2, 0.25) is 0 Å². The summed E-state index contributed by atoms with van der Waals surface area (Å²) in [5.74, 6) is 0.670. The predicted octanol–water partition coefficient (Wildman–Crippen LogP) is 4.07. The highest BCUT2D eigenvalue weighted by Crippen LogP contribution is 2.37. The average Bonchev–Trinajstić information content (AvgIpc) is 2.73. The van der Waals surface area contributed by atoms with Gasteiger partial charge in [0.1, 0.15) is 0 Å². The lowest BCUT2D eigenvalue weighted by Gasteiger charge is -2.29. The summed E-state index contributed by atoms with van der Waals surface area (Å²) >= 11 is 4.30. The van der Waals surface area contributed by atoms with Crippen molar-refractivity contribution in [2.24, 2.45) is 0 Å². The standard InChI is InChI=1S/C14H18IN3S/c1-19-11-4-2-3-10(8-11)18-13-6-5-9(15)7-12(13)17-14(18)16/h5-7,10-11H,2-4,8H2,1H3,(H2,16,17). The van der Waals surface area contributed by atoms with Gasteiger partial charge >= 0.3 is 0 Å². The fourth-order valence-electron chi connectivity index (χ4n) is 3.04. The molecule has 1 heterocycles. The molecule has 2 unspecified atom stereocenters. The molecule has 1 aliphatic carbocycles. The van der Waals surface area contributed by atoms with Crippen LogP contribution in [0, 0.1) is 3.57 Å². The van der Waals surface area contributed by atoms with E-state index >= 15 is 0 Å². The molecule has 1 aromatic heterocycles. The second kappa shape index (κ2) is 5.52. The highest BCUT2D eigenvalue weighted by molar-refractivity contribution is 14.1. The lowest BCUT2D eigenvalue weighted by molar-refractivity contribution is 0.371. The number of fused-ring (bicyclic) bond motifs is 1. The average molecular weight is 387 g/mol. The molecule has 102 valence electrons. The molecule has 3 nitrogen and oxygen atoms in total. The monoisotopic (exact) mass is 387 g/mol. The Bertz CT molecular complexity index is 596. The first-order chi connectivity index (χ1) is 9.19. The number of imidazole rings is 1. The molecular weight excluding hydrogens is 369 g/mol. The van der Waals surface area contributed by atoms with Crippen molar-refractivity contribution in [2.45, 2.75) is 37.0 Å². The third-order valence-corrected chi connectivity index (χ3v) is 5.74. The summed E-state index contributed by atoms with van der Waals surface area (Å²) < 4.78 is 3.47. The number of nitrogens with zero attached hydrogens (tertiary/aromatic N) is 2. The van der Waals surface area contributed by atoms with Gasteiger partial charge in [0, 0.05) is 14.9 Å². The number of anilines is 1. The van der Waals surface area contributed by atoms with Gasteiger partial charge in [-0.2, -0.15) is 11.8 Å². The summed E-state index contributed by atoms with van der Waals surface area (Å²) in [6, 6.07) is 6.91. The van der Waals surface area contributed by atoms with Crippen LogP contribution in [0.25, 0.3) is 11.0 Å². The van der Waals surface area contributed by atoms with E-state index in [1.807, 2.05) is 11.8 Å². The Morgan fingerprint density at radius 3 is 3.05 bits per heavy atom. The fraction of sp³-hybridized carbons (Fsp3) is 0.500. The van der Waals surface area contributed by atoms with Gasteiger partial charge in [-0.05, 0) is 66.3 Å². The number of nitrogen functional groups attached to an aromatic ring is 1. The number of nitrogens with two attached hydrogens (primary N) is 1. The summed E-state index contributed by atoms with van der Waals surface area (Å²) in [7, 11) is 0. The van der Waals surface area contributed by atoms with Crippen LogP contribution in [-0.4, -0.2) is 21.1 Å². The lowest BCUT2D eigenvalue weighted by atomic mass is 9.94. The maximum atomic E-state index is 6.16. The molecule has 1 saturated carbocycles. The lowest BCUT2D eigenvalue weighted by Crippen LogP contribution is -2.21. The van der Waals surface area contributed by atoms with E-state index in [4.69, 9.17) is 5.73 Å². The van der Waals surface area contributed by atoms with Gasteiger partial charge in [-0.25, -0.2) is 4.98 Å². The minimum atomic E-state index is 0.510. The maximum Gasteiger partial charge on any atom is 0.201 e. The number of hydrogen-bond acceptors (Lipinski definition) is 3. The van der Waals surface area contributed by atoms with Crippen molar-refractivity contribution in [3.8, 4) is 0 Å². The van der Waals surface area contributed by atoms with E-state index in [0.29, 0.717) is 12.0 Å². The van der Waals surface area contributed by atoms with E-state index in [2.05, 4.69) is 56.6 Å². The Labute approximate surface area is 131 Å². The van der Waals surface area contributed by atoms with Gasteiger partial charge in [0.05, 0.1) is 11.0 Å². The van der Waals surface area contributed by atoms with Crippen molar-refractivity contribution in [3.63, 3.8) is 0 Å². The predicted molar refractivity (Wildman–Crippen MR) is 91.7 cm³/mol. The van der Waals surface area contributed by atoms with E-state index in [9.17, 15) is 0 Å². The van der Waals surface area contributed by atoms with Crippen LogP contribution < -0.4 is 5.73 Å². The van der Waals surface area contributed by atoms with Gasteiger partial charge < -0.3 is 10.3 Å². The van der Waals surface area contributed by atoms with E-state index < -0.39 is 0 Å². The van der Waals surface area contributed by atoms with Gasteiger partial charge in [0.15, 0.2) is 0 Å².